The van der Waals surface area contributed by atoms with Gasteiger partial charge >= 0.3 is 0 Å². The lowest BCUT2D eigenvalue weighted by molar-refractivity contribution is 0.0936. The van der Waals surface area contributed by atoms with Crippen molar-refractivity contribution in [3.8, 4) is 0 Å². The van der Waals surface area contributed by atoms with Gasteiger partial charge < -0.3 is 5.32 Å². The summed E-state index contributed by atoms with van der Waals surface area (Å²) in [6, 6.07) is 9.84. The number of nitrogens with one attached hydrogen (secondary N) is 1. The second-order valence-electron chi connectivity index (χ2n) is 3.84. The van der Waals surface area contributed by atoms with Crippen molar-refractivity contribution in [2.75, 3.05) is 5.33 Å². The molecule has 0 saturated heterocycles. The highest BCUT2D eigenvalue weighted by Crippen LogP contribution is 2.16. The Morgan fingerprint density at radius 2 is 2.17 bits per heavy atom. The van der Waals surface area contributed by atoms with Gasteiger partial charge in [-0.2, -0.15) is 0 Å². The summed E-state index contributed by atoms with van der Waals surface area (Å²) in [6.07, 6.45) is 0. The van der Waals surface area contributed by atoms with E-state index in [9.17, 15) is 4.79 Å². The Morgan fingerprint density at radius 3 is 2.72 bits per heavy atom. The number of halogens is 1. The first kappa shape index (κ1) is 13.2. The molecule has 5 heteroatoms. The summed E-state index contributed by atoms with van der Waals surface area (Å²) in [5.74, 6) is -0.132. The van der Waals surface area contributed by atoms with E-state index in [1.807, 2.05) is 37.3 Å². The first-order valence-electron chi connectivity index (χ1n) is 5.54. The van der Waals surface area contributed by atoms with Gasteiger partial charge in [0.25, 0.3) is 5.91 Å². The Morgan fingerprint density at radius 1 is 1.44 bits per heavy atom. The largest absolute Gasteiger partial charge is 0.343 e. The van der Waals surface area contributed by atoms with Gasteiger partial charge in [-0.15, -0.1) is 11.3 Å². The van der Waals surface area contributed by atoms with Crippen LogP contribution in [0.25, 0.3) is 0 Å². The van der Waals surface area contributed by atoms with Gasteiger partial charge in [0.05, 0.1) is 11.0 Å². The highest BCUT2D eigenvalue weighted by atomic mass is 79.9. The van der Waals surface area contributed by atoms with Gasteiger partial charge in [0.1, 0.15) is 5.69 Å². The summed E-state index contributed by atoms with van der Waals surface area (Å²) in [4.78, 5) is 16.2. The molecule has 1 atom stereocenters. The average molecular weight is 325 g/mol. The molecule has 0 aliphatic rings. The molecule has 0 aliphatic heterocycles. The first-order chi connectivity index (χ1) is 8.70. The van der Waals surface area contributed by atoms with Gasteiger partial charge in [0.2, 0.25) is 0 Å². The molecule has 1 aromatic carbocycles. The number of thiazole rings is 1. The minimum atomic E-state index is -0.132. The van der Waals surface area contributed by atoms with E-state index in [1.165, 1.54) is 11.3 Å². The predicted molar refractivity (Wildman–Crippen MR) is 77.3 cm³/mol. The topological polar surface area (TPSA) is 42.0 Å². The molecule has 3 nitrogen and oxygen atoms in total. The fraction of sp³-hybridized carbons (Fsp3) is 0.231. The lowest BCUT2D eigenvalue weighted by atomic mass is 10.1. The average Bonchev–Trinajstić information content (AvgIpc) is 2.83. The standard InChI is InChI=1S/C13H13BrN2OS/c1-9-15-12(8-18-9)13(17)16-11(7-14)10-5-3-2-4-6-10/h2-6,8,11H,7H2,1H3,(H,16,17). The van der Waals surface area contributed by atoms with Crippen molar-refractivity contribution in [1.29, 1.82) is 0 Å². The highest BCUT2D eigenvalue weighted by molar-refractivity contribution is 9.09. The Balaban J connectivity index is 2.10. The molecule has 0 radical (unpaired) electrons. The molecule has 0 aliphatic carbocycles. The molecule has 2 aromatic rings. The molecule has 1 aromatic heterocycles. The lowest BCUT2D eigenvalue weighted by Crippen LogP contribution is -2.29. The molecular formula is C13H13BrN2OS. The van der Waals surface area contributed by atoms with Crippen LogP contribution in [0, 0.1) is 6.92 Å². The van der Waals surface area contributed by atoms with Crippen LogP contribution < -0.4 is 5.32 Å². The molecule has 1 unspecified atom stereocenters. The number of aryl methyl sites for hydroxylation is 1. The number of nitrogens with zero attached hydrogens (tertiary/aromatic N) is 1. The zero-order chi connectivity index (χ0) is 13.0. The van der Waals surface area contributed by atoms with E-state index in [0.717, 1.165) is 10.6 Å². The Hall–Kier alpha value is -1.20. The normalized spacial score (nSPS) is 12.1. The second-order valence-corrected chi connectivity index (χ2v) is 5.55. The fourth-order valence-electron chi connectivity index (χ4n) is 1.60. The highest BCUT2D eigenvalue weighted by Gasteiger charge is 2.16. The third kappa shape index (κ3) is 3.17. The van der Waals surface area contributed by atoms with Crippen LogP contribution in [-0.4, -0.2) is 16.2 Å². The maximum absolute atomic E-state index is 12.0. The summed E-state index contributed by atoms with van der Waals surface area (Å²) in [7, 11) is 0. The summed E-state index contributed by atoms with van der Waals surface area (Å²) in [5, 5.41) is 6.32. The van der Waals surface area contributed by atoms with Crippen molar-refractivity contribution < 1.29 is 4.79 Å². The summed E-state index contributed by atoms with van der Waals surface area (Å²) < 4.78 is 0. The first-order valence-corrected chi connectivity index (χ1v) is 7.54. The molecule has 94 valence electrons. The van der Waals surface area contributed by atoms with E-state index in [-0.39, 0.29) is 11.9 Å². The van der Waals surface area contributed by atoms with Gasteiger partial charge in [-0.1, -0.05) is 46.3 Å². The number of carbonyl (C=O) groups excluding carboxylic acids is 1. The quantitative estimate of drug-likeness (QED) is 0.876. The number of aromatic nitrogens is 1. The smallest absolute Gasteiger partial charge is 0.271 e. The molecule has 1 amide bonds. The van der Waals surface area contributed by atoms with Crippen molar-refractivity contribution in [1.82, 2.24) is 10.3 Å². The predicted octanol–water partition coefficient (Wildman–Crippen LogP) is 3.32. The third-order valence-corrected chi connectivity index (χ3v) is 3.93. The van der Waals surface area contributed by atoms with Gasteiger partial charge in [-0.05, 0) is 12.5 Å². The Kier molecular flexibility index (Phi) is 4.49. The molecule has 1 heterocycles. The minimum Gasteiger partial charge on any atom is -0.343 e. The SMILES string of the molecule is Cc1nc(C(=O)NC(CBr)c2ccccc2)cs1. The molecule has 18 heavy (non-hydrogen) atoms. The van der Waals surface area contributed by atoms with Crippen molar-refractivity contribution in [2.45, 2.75) is 13.0 Å². The van der Waals surface area contributed by atoms with E-state index in [1.54, 1.807) is 5.38 Å². The molecule has 1 N–H and O–H groups in total. The number of carbonyl (C=O) groups is 1. The fourth-order valence-corrected chi connectivity index (χ4v) is 2.72. The van der Waals surface area contributed by atoms with Crippen LogP contribution in [0.1, 0.15) is 27.1 Å². The van der Waals surface area contributed by atoms with Crippen LogP contribution in [0.4, 0.5) is 0 Å². The van der Waals surface area contributed by atoms with Crippen LogP contribution >= 0.6 is 27.3 Å². The van der Waals surface area contributed by atoms with Crippen LogP contribution in [0.2, 0.25) is 0 Å². The van der Waals surface area contributed by atoms with Crippen LogP contribution in [-0.2, 0) is 0 Å². The molecular weight excluding hydrogens is 312 g/mol. The molecule has 2 rings (SSSR count). The monoisotopic (exact) mass is 324 g/mol. The van der Waals surface area contributed by atoms with Gasteiger partial charge in [-0.25, -0.2) is 4.98 Å². The Bertz CT molecular complexity index is 527. The lowest BCUT2D eigenvalue weighted by Gasteiger charge is -2.15. The molecule has 0 fully saturated rings. The number of hydrogen-bond acceptors (Lipinski definition) is 3. The third-order valence-electron chi connectivity index (χ3n) is 2.51. The van der Waals surface area contributed by atoms with Crippen molar-refractivity contribution in [3.05, 3.63) is 52.0 Å². The van der Waals surface area contributed by atoms with E-state index in [0.29, 0.717) is 11.0 Å². The Labute approximate surface area is 118 Å². The van der Waals surface area contributed by atoms with Crippen LogP contribution in [0.15, 0.2) is 35.7 Å². The maximum atomic E-state index is 12.0. The van der Waals surface area contributed by atoms with E-state index < -0.39 is 0 Å². The number of benzene rings is 1. The van der Waals surface area contributed by atoms with Crippen molar-refractivity contribution in [3.63, 3.8) is 0 Å². The summed E-state index contributed by atoms with van der Waals surface area (Å²) in [6.45, 7) is 1.89. The second kappa shape index (κ2) is 6.11. The van der Waals surface area contributed by atoms with Crippen LogP contribution in [0.3, 0.4) is 0 Å². The van der Waals surface area contributed by atoms with Gasteiger partial charge in [0, 0.05) is 10.7 Å². The van der Waals surface area contributed by atoms with E-state index in [4.69, 9.17) is 0 Å². The molecule has 0 saturated carbocycles. The van der Waals surface area contributed by atoms with E-state index >= 15 is 0 Å². The van der Waals surface area contributed by atoms with Crippen molar-refractivity contribution >= 4 is 33.2 Å². The number of alkyl halides is 1. The van der Waals surface area contributed by atoms with Gasteiger partial charge in [-0.3, -0.25) is 4.79 Å². The summed E-state index contributed by atoms with van der Waals surface area (Å²) in [5.41, 5.74) is 1.56. The maximum Gasteiger partial charge on any atom is 0.271 e. The van der Waals surface area contributed by atoms with E-state index in [2.05, 4.69) is 26.2 Å². The molecule has 0 bridgehead atoms. The zero-order valence-electron chi connectivity index (χ0n) is 9.89. The number of amides is 1. The number of rotatable bonds is 4. The van der Waals surface area contributed by atoms with Gasteiger partial charge in [0.15, 0.2) is 0 Å². The zero-order valence-corrected chi connectivity index (χ0v) is 12.3. The number of hydrogen-bond donors (Lipinski definition) is 1. The van der Waals surface area contributed by atoms with Crippen molar-refractivity contribution in [2.24, 2.45) is 0 Å². The molecule has 0 spiro atoms. The minimum absolute atomic E-state index is 0.0410. The summed E-state index contributed by atoms with van der Waals surface area (Å²) >= 11 is 4.91. The van der Waals surface area contributed by atoms with Crippen LogP contribution in [0.5, 0.6) is 0 Å².